The predicted octanol–water partition coefficient (Wildman–Crippen LogP) is 3.18. The molecule has 0 aromatic carbocycles. The lowest BCUT2D eigenvalue weighted by atomic mass is 9.81. The Morgan fingerprint density at radius 2 is 2.00 bits per heavy atom. The predicted molar refractivity (Wildman–Crippen MR) is 82.7 cm³/mol. The number of nitrogens with one attached hydrogen (secondary N) is 1. The van der Waals surface area contributed by atoms with E-state index in [1.54, 1.807) is 6.33 Å². The van der Waals surface area contributed by atoms with Gasteiger partial charge in [-0.2, -0.15) is 5.10 Å². The highest BCUT2D eigenvalue weighted by atomic mass is 15.3. The van der Waals surface area contributed by atoms with Crippen molar-refractivity contribution in [3.8, 4) is 0 Å². The zero-order chi connectivity index (χ0) is 14.6. The van der Waals surface area contributed by atoms with E-state index in [1.807, 2.05) is 0 Å². The zero-order valence-corrected chi connectivity index (χ0v) is 13.6. The van der Waals surface area contributed by atoms with Gasteiger partial charge in [-0.1, -0.05) is 19.8 Å². The summed E-state index contributed by atoms with van der Waals surface area (Å²) < 4.78 is 2.09. The maximum atomic E-state index is 4.51. The van der Waals surface area contributed by atoms with Gasteiger partial charge in [0.25, 0.3) is 0 Å². The van der Waals surface area contributed by atoms with Crippen molar-refractivity contribution in [2.45, 2.75) is 78.3 Å². The van der Waals surface area contributed by atoms with Crippen LogP contribution in [0.1, 0.15) is 65.6 Å². The molecule has 0 unspecified atom stereocenters. The Morgan fingerprint density at radius 3 is 2.60 bits per heavy atom. The molecule has 1 aliphatic rings. The van der Waals surface area contributed by atoms with E-state index in [9.17, 15) is 0 Å². The summed E-state index contributed by atoms with van der Waals surface area (Å²) in [6.45, 7) is 11.0. The van der Waals surface area contributed by atoms with E-state index in [4.69, 9.17) is 0 Å². The molecule has 0 bridgehead atoms. The molecule has 1 aliphatic carbocycles. The summed E-state index contributed by atoms with van der Waals surface area (Å²) in [5, 5.41) is 8.08. The molecular formula is C16H30N4. The quantitative estimate of drug-likeness (QED) is 0.869. The lowest BCUT2D eigenvalue weighted by Crippen LogP contribution is -2.44. The molecule has 114 valence electrons. The highest BCUT2D eigenvalue weighted by molar-refractivity contribution is 4.98. The molecule has 1 aromatic rings. The van der Waals surface area contributed by atoms with E-state index < -0.39 is 0 Å². The van der Waals surface area contributed by atoms with Crippen molar-refractivity contribution in [1.82, 2.24) is 20.1 Å². The molecule has 0 radical (unpaired) electrons. The van der Waals surface area contributed by atoms with Crippen molar-refractivity contribution in [1.29, 1.82) is 0 Å². The van der Waals surface area contributed by atoms with Crippen LogP contribution in [0.4, 0.5) is 0 Å². The van der Waals surface area contributed by atoms with Gasteiger partial charge in [0.1, 0.15) is 12.2 Å². The van der Waals surface area contributed by atoms with Crippen molar-refractivity contribution in [2.75, 3.05) is 6.54 Å². The fraction of sp³-hybridized carbons (Fsp3) is 0.875. The molecule has 0 amide bonds. The molecule has 20 heavy (non-hydrogen) atoms. The van der Waals surface area contributed by atoms with Crippen molar-refractivity contribution in [2.24, 2.45) is 5.41 Å². The normalized spacial score (nSPS) is 18.6. The van der Waals surface area contributed by atoms with Crippen molar-refractivity contribution >= 4 is 0 Å². The van der Waals surface area contributed by atoms with Crippen molar-refractivity contribution < 1.29 is 0 Å². The average Bonchev–Trinajstić information content (AvgIpc) is 2.98. The second kappa shape index (κ2) is 6.25. The number of hydrogen-bond donors (Lipinski definition) is 1. The summed E-state index contributed by atoms with van der Waals surface area (Å²) in [4.78, 5) is 4.51. The van der Waals surface area contributed by atoms with Crippen molar-refractivity contribution in [3.05, 3.63) is 12.2 Å². The SMILES string of the molecule is CCCn1ncnc1CC1(CNC(C)(C)C)CCCC1. The topological polar surface area (TPSA) is 42.7 Å². The van der Waals surface area contributed by atoms with Crippen LogP contribution in [0.25, 0.3) is 0 Å². The van der Waals surface area contributed by atoms with E-state index >= 15 is 0 Å². The smallest absolute Gasteiger partial charge is 0.138 e. The monoisotopic (exact) mass is 278 g/mol. The molecular weight excluding hydrogens is 248 g/mol. The van der Waals surface area contributed by atoms with Gasteiger partial charge in [-0.25, -0.2) is 4.98 Å². The van der Waals surface area contributed by atoms with E-state index in [1.165, 1.54) is 31.5 Å². The van der Waals surface area contributed by atoms with Gasteiger partial charge in [-0.3, -0.25) is 4.68 Å². The third-order valence-electron chi connectivity index (χ3n) is 4.32. The average molecular weight is 278 g/mol. The van der Waals surface area contributed by atoms with Gasteiger partial charge in [0, 0.05) is 25.0 Å². The maximum absolute atomic E-state index is 4.51. The van der Waals surface area contributed by atoms with E-state index in [0.29, 0.717) is 5.41 Å². The Morgan fingerprint density at radius 1 is 1.30 bits per heavy atom. The van der Waals surface area contributed by atoms with Crippen LogP contribution in [-0.2, 0) is 13.0 Å². The number of nitrogens with zero attached hydrogens (tertiary/aromatic N) is 3. The van der Waals surface area contributed by atoms with Gasteiger partial charge in [0.05, 0.1) is 0 Å². The molecule has 4 nitrogen and oxygen atoms in total. The third-order valence-corrected chi connectivity index (χ3v) is 4.32. The summed E-state index contributed by atoms with van der Waals surface area (Å²) in [6, 6.07) is 0. The Balaban J connectivity index is 2.06. The molecule has 1 saturated carbocycles. The molecule has 0 saturated heterocycles. The van der Waals surface area contributed by atoms with Gasteiger partial charge >= 0.3 is 0 Å². The third kappa shape index (κ3) is 4.05. The number of aromatic nitrogens is 3. The highest BCUT2D eigenvalue weighted by Crippen LogP contribution is 2.40. The summed E-state index contributed by atoms with van der Waals surface area (Å²) in [5.41, 5.74) is 0.568. The van der Waals surface area contributed by atoms with Gasteiger partial charge in [0.2, 0.25) is 0 Å². The highest BCUT2D eigenvalue weighted by Gasteiger charge is 2.36. The Bertz CT molecular complexity index is 410. The number of aryl methyl sites for hydroxylation is 1. The first kappa shape index (κ1) is 15.5. The minimum Gasteiger partial charge on any atom is -0.312 e. The lowest BCUT2D eigenvalue weighted by molar-refractivity contribution is 0.237. The summed E-state index contributed by atoms with van der Waals surface area (Å²) in [5.74, 6) is 1.17. The summed E-state index contributed by atoms with van der Waals surface area (Å²) in [6.07, 6.45) is 9.23. The second-order valence-electron chi connectivity index (χ2n) is 7.39. The van der Waals surface area contributed by atoms with Crippen LogP contribution >= 0.6 is 0 Å². The standard InChI is InChI=1S/C16H30N4/c1-5-10-20-14(17-13-19-20)11-16(8-6-7-9-16)12-18-15(2,3)4/h13,18H,5-12H2,1-4H3. The van der Waals surface area contributed by atoms with Crippen LogP contribution in [0.3, 0.4) is 0 Å². The zero-order valence-electron chi connectivity index (χ0n) is 13.6. The van der Waals surface area contributed by atoms with E-state index in [0.717, 1.165) is 25.9 Å². The maximum Gasteiger partial charge on any atom is 0.138 e. The van der Waals surface area contributed by atoms with Crippen LogP contribution in [0.15, 0.2) is 6.33 Å². The Kier molecular flexibility index (Phi) is 4.84. The minimum atomic E-state index is 0.187. The second-order valence-corrected chi connectivity index (χ2v) is 7.39. The van der Waals surface area contributed by atoms with Crippen LogP contribution in [-0.4, -0.2) is 26.8 Å². The Hall–Kier alpha value is -0.900. The molecule has 0 atom stereocenters. The van der Waals surface area contributed by atoms with Gasteiger partial charge in [-0.05, 0) is 45.4 Å². The van der Waals surface area contributed by atoms with Gasteiger partial charge in [0.15, 0.2) is 0 Å². The molecule has 0 spiro atoms. The van der Waals surface area contributed by atoms with E-state index in [-0.39, 0.29) is 5.54 Å². The first-order valence-corrected chi connectivity index (χ1v) is 8.06. The van der Waals surface area contributed by atoms with Crippen LogP contribution in [0.5, 0.6) is 0 Å². The lowest BCUT2D eigenvalue weighted by Gasteiger charge is -2.33. The van der Waals surface area contributed by atoms with E-state index in [2.05, 4.69) is 47.8 Å². The van der Waals surface area contributed by atoms with Crippen LogP contribution in [0.2, 0.25) is 0 Å². The van der Waals surface area contributed by atoms with Crippen LogP contribution in [0, 0.1) is 5.41 Å². The molecule has 1 aromatic heterocycles. The van der Waals surface area contributed by atoms with Crippen LogP contribution < -0.4 is 5.32 Å². The molecule has 2 rings (SSSR count). The number of hydrogen-bond acceptors (Lipinski definition) is 3. The summed E-state index contributed by atoms with van der Waals surface area (Å²) >= 11 is 0. The first-order chi connectivity index (χ1) is 9.44. The fourth-order valence-corrected chi connectivity index (χ4v) is 3.15. The first-order valence-electron chi connectivity index (χ1n) is 8.06. The molecule has 1 N–H and O–H groups in total. The number of rotatable bonds is 6. The fourth-order valence-electron chi connectivity index (χ4n) is 3.15. The molecule has 1 heterocycles. The van der Waals surface area contributed by atoms with Gasteiger partial charge in [-0.15, -0.1) is 0 Å². The molecule has 0 aliphatic heterocycles. The molecule has 4 heteroatoms. The Labute approximate surface area is 123 Å². The van der Waals surface area contributed by atoms with Crippen molar-refractivity contribution in [3.63, 3.8) is 0 Å². The largest absolute Gasteiger partial charge is 0.312 e. The van der Waals surface area contributed by atoms with Gasteiger partial charge < -0.3 is 5.32 Å². The minimum absolute atomic E-state index is 0.187. The summed E-state index contributed by atoms with van der Waals surface area (Å²) in [7, 11) is 0. The molecule has 1 fully saturated rings.